The number of sulfonamides is 1. The fourth-order valence-corrected chi connectivity index (χ4v) is 4.54. The number of hydrogen-bond acceptors (Lipinski definition) is 4. The summed E-state index contributed by atoms with van der Waals surface area (Å²) in [6.45, 7) is 1.77. The third-order valence-electron chi connectivity index (χ3n) is 4.35. The number of halogens is 1. The van der Waals surface area contributed by atoms with E-state index >= 15 is 0 Å². The van der Waals surface area contributed by atoms with E-state index in [-0.39, 0.29) is 10.9 Å². The van der Waals surface area contributed by atoms with Gasteiger partial charge in [0.2, 0.25) is 10.0 Å². The molecule has 0 radical (unpaired) electrons. The smallest absolute Gasteiger partial charge is 0.321 e. The second-order valence-corrected chi connectivity index (χ2v) is 8.83. The molecule has 1 heterocycles. The summed E-state index contributed by atoms with van der Waals surface area (Å²) in [5.41, 5.74) is 1.31. The SMILES string of the molecule is CN(Cc1cccc(Cl)c1)C(=O)Nc1cccc(S(=O)(=O)N2CCOCC2)c1. The summed E-state index contributed by atoms with van der Waals surface area (Å²) in [6, 6.07) is 13.2. The quantitative estimate of drug-likeness (QED) is 0.801. The van der Waals surface area contributed by atoms with Gasteiger partial charge >= 0.3 is 6.03 Å². The van der Waals surface area contributed by atoms with Crippen LogP contribution in [0.25, 0.3) is 0 Å². The molecule has 0 unspecified atom stereocenters. The summed E-state index contributed by atoms with van der Waals surface area (Å²) in [4.78, 5) is 14.1. The van der Waals surface area contributed by atoms with Crippen molar-refractivity contribution in [3.05, 3.63) is 59.1 Å². The minimum Gasteiger partial charge on any atom is -0.379 e. The van der Waals surface area contributed by atoms with Crippen LogP contribution in [0.5, 0.6) is 0 Å². The molecule has 0 aliphatic carbocycles. The molecule has 3 rings (SSSR count). The molecule has 0 atom stereocenters. The minimum absolute atomic E-state index is 0.143. The van der Waals surface area contributed by atoms with E-state index in [1.54, 1.807) is 31.3 Å². The lowest BCUT2D eigenvalue weighted by Gasteiger charge is -2.26. The molecule has 2 amide bonds. The van der Waals surface area contributed by atoms with Crippen molar-refractivity contribution in [1.82, 2.24) is 9.21 Å². The van der Waals surface area contributed by atoms with Gasteiger partial charge in [-0.3, -0.25) is 0 Å². The van der Waals surface area contributed by atoms with Crippen molar-refractivity contribution in [2.75, 3.05) is 38.7 Å². The van der Waals surface area contributed by atoms with Gasteiger partial charge in [-0.15, -0.1) is 0 Å². The number of carbonyl (C=O) groups excluding carboxylic acids is 1. The van der Waals surface area contributed by atoms with Crippen molar-refractivity contribution >= 4 is 33.3 Å². The summed E-state index contributed by atoms with van der Waals surface area (Å²) < 4.78 is 32.1. The van der Waals surface area contributed by atoms with Gasteiger partial charge in [0, 0.05) is 37.4 Å². The van der Waals surface area contributed by atoms with Crippen molar-refractivity contribution < 1.29 is 17.9 Å². The number of amides is 2. The first-order valence-electron chi connectivity index (χ1n) is 8.81. The third kappa shape index (κ3) is 5.02. The van der Waals surface area contributed by atoms with E-state index in [1.165, 1.54) is 21.3 Å². The van der Waals surface area contributed by atoms with Crippen molar-refractivity contribution in [1.29, 1.82) is 0 Å². The first kappa shape index (κ1) is 20.6. The Balaban J connectivity index is 1.69. The number of ether oxygens (including phenoxy) is 1. The van der Waals surface area contributed by atoms with Crippen LogP contribution in [-0.2, 0) is 21.3 Å². The van der Waals surface area contributed by atoms with E-state index < -0.39 is 10.0 Å². The molecule has 7 nitrogen and oxygen atoms in total. The van der Waals surface area contributed by atoms with Gasteiger partial charge < -0.3 is 15.0 Å². The van der Waals surface area contributed by atoms with Crippen LogP contribution in [0.4, 0.5) is 10.5 Å². The molecule has 1 saturated heterocycles. The van der Waals surface area contributed by atoms with Gasteiger partial charge in [-0.25, -0.2) is 13.2 Å². The van der Waals surface area contributed by atoms with E-state index in [4.69, 9.17) is 16.3 Å². The van der Waals surface area contributed by atoms with Crippen molar-refractivity contribution in [3.8, 4) is 0 Å². The highest BCUT2D eigenvalue weighted by molar-refractivity contribution is 7.89. The monoisotopic (exact) mass is 423 g/mol. The summed E-state index contributed by atoms with van der Waals surface area (Å²) in [6.07, 6.45) is 0. The van der Waals surface area contributed by atoms with Crippen LogP contribution in [0, 0.1) is 0 Å². The molecule has 1 fully saturated rings. The number of benzene rings is 2. The Morgan fingerprint density at radius 2 is 1.89 bits per heavy atom. The molecule has 1 aliphatic heterocycles. The second kappa shape index (κ2) is 8.91. The second-order valence-electron chi connectivity index (χ2n) is 6.46. The third-order valence-corrected chi connectivity index (χ3v) is 6.48. The average Bonchev–Trinajstić information content (AvgIpc) is 2.69. The van der Waals surface area contributed by atoms with E-state index in [1.807, 2.05) is 12.1 Å². The molecule has 150 valence electrons. The molecular weight excluding hydrogens is 402 g/mol. The molecule has 0 aromatic heterocycles. The van der Waals surface area contributed by atoms with Gasteiger partial charge in [0.15, 0.2) is 0 Å². The number of urea groups is 1. The Kier molecular flexibility index (Phi) is 6.56. The summed E-state index contributed by atoms with van der Waals surface area (Å²) in [5, 5.41) is 3.34. The Hall–Kier alpha value is -2.13. The van der Waals surface area contributed by atoms with Crippen LogP contribution < -0.4 is 5.32 Å². The van der Waals surface area contributed by atoms with E-state index in [0.717, 1.165) is 5.56 Å². The Morgan fingerprint density at radius 1 is 1.18 bits per heavy atom. The van der Waals surface area contributed by atoms with Gasteiger partial charge in [-0.2, -0.15) is 4.31 Å². The van der Waals surface area contributed by atoms with Gasteiger partial charge in [0.1, 0.15) is 0 Å². The van der Waals surface area contributed by atoms with Crippen molar-refractivity contribution in [3.63, 3.8) is 0 Å². The maximum absolute atomic E-state index is 12.8. The topological polar surface area (TPSA) is 79.0 Å². The van der Waals surface area contributed by atoms with Crippen LogP contribution >= 0.6 is 11.6 Å². The average molecular weight is 424 g/mol. The van der Waals surface area contributed by atoms with Gasteiger partial charge in [0.25, 0.3) is 0 Å². The van der Waals surface area contributed by atoms with Crippen LogP contribution in [0.15, 0.2) is 53.4 Å². The molecule has 9 heteroatoms. The molecule has 2 aromatic rings. The zero-order valence-electron chi connectivity index (χ0n) is 15.5. The van der Waals surface area contributed by atoms with E-state index in [2.05, 4.69) is 5.32 Å². The standard InChI is InChI=1S/C19H22ClN3O4S/c1-22(14-15-4-2-5-16(20)12-15)19(24)21-17-6-3-7-18(13-17)28(25,26)23-8-10-27-11-9-23/h2-7,12-13H,8-11,14H2,1H3,(H,21,24). The van der Waals surface area contributed by atoms with Crippen LogP contribution in [-0.4, -0.2) is 57.0 Å². The molecule has 0 spiro atoms. The Bertz CT molecular complexity index is 946. The predicted octanol–water partition coefficient (Wildman–Crippen LogP) is 3.02. The molecule has 0 bridgehead atoms. The number of nitrogens with one attached hydrogen (secondary N) is 1. The highest BCUT2D eigenvalue weighted by atomic mass is 35.5. The molecule has 28 heavy (non-hydrogen) atoms. The molecule has 2 aromatic carbocycles. The van der Waals surface area contributed by atoms with Crippen LogP contribution in [0.3, 0.4) is 0 Å². The van der Waals surface area contributed by atoms with E-state index in [0.29, 0.717) is 43.6 Å². The maximum atomic E-state index is 12.8. The first-order valence-corrected chi connectivity index (χ1v) is 10.6. The highest BCUT2D eigenvalue weighted by Crippen LogP contribution is 2.21. The summed E-state index contributed by atoms with van der Waals surface area (Å²) in [5.74, 6) is 0. The summed E-state index contributed by atoms with van der Waals surface area (Å²) >= 11 is 5.97. The molecular formula is C19H22ClN3O4S. The number of carbonyl (C=O) groups is 1. The number of hydrogen-bond donors (Lipinski definition) is 1. The van der Waals surface area contributed by atoms with Crippen molar-refractivity contribution in [2.45, 2.75) is 11.4 Å². The van der Waals surface area contributed by atoms with Gasteiger partial charge in [0.05, 0.1) is 18.1 Å². The number of morpholine rings is 1. The number of nitrogens with zero attached hydrogens (tertiary/aromatic N) is 2. The van der Waals surface area contributed by atoms with E-state index in [9.17, 15) is 13.2 Å². The fraction of sp³-hybridized carbons (Fsp3) is 0.316. The molecule has 1 aliphatic rings. The van der Waals surface area contributed by atoms with Gasteiger partial charge in [-0.05, 0) is 35.9 Å². The number of anilines is 1. The zero-order chi connectivity index (χ0) is 20.1. The predicted molar refractivity (Wildman–Crippen MR) is 108 cm³/mol. The Morgan fingerprint density at radius 3 is 2.61 bits per heavy atom. The minimum atomic E-state index is -3.62. The lowest BCUT2D eigenvalue weighted by Crippen LogP contribution is -2.40. The first-order chi connectivity index (χ1) is 13.4. The summed E-state index contributed by atoms with van der Waals surface area (Å²) in [7, 11) is -1.96. The van der Waals surface area contributed by atoms with Crippen LogP contribution in [0.1, 0.15) is 5.56 Å². The fourth-order valence-electron chi connectivity index (χ4n) is 2.87. The molecule has 0 saturated carbocycles. The Labute approximate surface area is 169 Å². The zero-order valence-corrected chi connectivity index (χ0v) is 17.0. The highest BCUT2D eigenvalue weighted by Gasteiger charge is 2.26. The van der Waals surface area contributed by atoms with Crippen LogP contribution in [0.2, 0.25) is 5.02 Å². The number of rotatable bonds is 5. The van der Waals surface area contributed by atoms with Gasteiger partial charge in [-0.1, -0.05) is 29.8 Å². The largest absolute Gasteiger partial charge is 0.379 e. The maximum Gasteiger partial charge on any atom is 0.321 e. The lowest BCUT2D eigenvalue weighted by molar-refractivity contribution is 0.0730. The lowest BCUT2D eigenvalue weighted by atomic mass is 10.2. The van der Waals surface area contributed by atoms with Crippen molar-refractivity contribution in [2.24, 2.45) is 0 Å². The normalized spacial score (nSPS) is 15.2. The molecule has 1 N–H and O–H groups in total.